The maximum absolute atomic E-state index is 11.0. The molecule has 0 aliphatic rings. The molecule has 0 unspecified atom stereocenters. The molecule has 0 aromatic carbocycles. The zero-order valence-corrected chi connectivity index (χ0v) is 7.46. The lowest BCUT2D eigenvalue weighted by molar-refractivity contribution is -0.380. The summed E-state index contributed by atoms with van der Waals surface area (Å²) in [6, 6.07) is 1.14. The molecule has 1 aromatic heterocycles. The first kappa shape index (κ1) is 9.46. The molecule has 2 N–H and O–H groups in total. The molecule has 0 amide bonds. The first-order chi connectivity index (χ1) is 6.06. The van der Waals surface area contributed by atoms with E-state index in [4.69, 9.17) is 5.73 Å². The van der Waals surface area contributed by atoms with Gasteiger partial charge >= 0.3 is 11.0 Å². The molecular weight excluding hydrogens is 196 g/mol. The Morgan fingerprint density at radius 1 is 1.77 bits per heavy atom. The minimum atomic E-state index is -0.657. The molecule has 70 valence electrons. The third-order valence-electron chi connectivity index (χ3n) is 1.30. The summed E-state index contributed by atoms with van der Waals surface area (Å²) in [5.41, 5.74) is 5.43. The number of methoxy groups -OCH3 is 1. The van der Waals surface area contributed by atoms with E-state index in [9.17, 15) is 14.9 Å². The quantitative estimate of drug-likeness (QED) is 0.439. The van der Waals surface area contributed by atoms with Gasteiger partial charge in [-0.15, -0.1) is 0 Å². The Labute approximate surface area is 77.1 Å². The molecule has 0 atom stereocenters. The van der Waals surface area contributed by atoms with Crippen molar-refractivity contribution < 1.29 is 14.5 Å². The molecule has 6 nitrogen and oxygen atoms in total. The van der Waals surface area contributed by atoms with E-state index in [-0.39, 0.29) is 15.6 Å². The Morgan fingerprint density at radius 2 is 2.38 bits per heavy atom. The molecule has 1 rings (SSSR count). The number of nitrogens with zero attached hydrogens (tertiary/aromatic N) is 1. The normalized spacial score (nSPS) is 9.62. The monoisotopic (exact) mass is 202 g/mol. The zero-order valence-electron chi connectivity index (χ0n) is 6.64. The summed E-state index contributed by atoms with van der Waals surface area (Å²) in [6.07, 6.45) is 0. The largest absolute Gasteiger partial charge is 0.465 e. The fourth-order valence-corrected chi connectivity index (χ4v) is 1.55. The molecule has 7 heteroatoms. The van der Waals surface area contributed by atoms with E-state index in [1.54, 1.807) is 0 Å². The Hall–Kier alpha value is -1.63. The summed E-state index contributed by atoms with van der Waals surface area (Å²) < 4.78 is 4.38. The predicted molar refractivity (Wildman–Crippen MR) is 46.7 cm³/mol. The lowest BCUT2D eigenvalue weighted by atomic mass is 10.4. The Kier molecular flexibility index (Phi) is 2.47. The van der Waals surface area contributed by atoms with Crippen molar-refractivity contribution in [3.05, 3.63) is 21.1 Å². The van der Waals surface area contributed by atoms with Gasteiger partial charge in [-0.1, -0.05) is 11.3 Å². The predicted octanol–water partition coefficient (Wildman–Crippen LogP) is 1.03. The van der Waals surface area contributed by atoms with Gasteiger partial charge in [0.1, 0.15) is 4.88 Å². The molecule has 0 fully saturated rings. The number of esters is 1. The maximum Gasteiger partial charge on any atom is 0.350 e. The van der Waals surface area contributed by atoms with Crippen LogP contribution in [-0.2, 0) is 4.74 Å². The van der Waals surface area contributed by atoms with E-state index < -0.39 is 10.9 Å². The lowest BCUT2D eigenvalue weighted by Gasteiger charge is -1.93. The second kappa shape index (κ2) is 3.40. The van der Waals surface area contributed by atoms with Crippen LogP contribution in [0.5, 0.6) is 0 Å². The number of carbonyl (C=O) groups is 1. The molecule has 0 aliphatic heterocycles. The number of thiophene rings is 1. The van der Waals surface area contributed by atoms with Gasteiger partial charge in [0.05, 0.1) is 23.8 Å². The summed E-state index contributed by atoms with van der Waals surface area (Å²) in [4.78, 5) is 20.7. The van der Waals surface area contributed by atoms with Gasteiger partial charge in [0.25, 0.3) is 0 Å². The molecule has 1 aromatic rings. The minimum Gasteiger partial charge on any atom is -0.465 e. The zero-order chi connectivity index (χ0) is 10.0. The average molecular weight is 202 g/mol. The number of rotatable bonds is 2. The van der Waals surface area contributed by atoms with Gasteiger partial charge in [-0.25, -0.2) is 4.79 Å². The smallest absolute Gasteiger partial charge is 0.350 e. The third-order valence-corrected chi connectivity index (χ3v) is 2.38. The van der Waals surface area contributed by atoms with Gasteiger partial charge in [0, 0.05) is 0 Å². The van der Waals surface area contributed by atoms with Crippen LogP contribution in [0.1, 0.15) is 9.67 Å². The molecule has 13 heavy (non-hydrogen) atoms. The first-order valence-corrected chi connectivity index (χ1v) is 4.00. The average Bonchev–Trinajstić information content (AvgIpc) is 2.46. The van der Waals surface area contributed by atoms with E-state index in [0.717, 1.165) is 6.07 Å². The Bertz CT molecular complexity index is 360. The molecule has 0 spiro atoms. The van der Waals surface area contributed by atoms with Crippen LogP contribution in [-0.4, -0.2) is 18.0 Å². The fourth-order valence-electron chi connectivity index (χ4n) is 0.734. The van der Waals surface area contributed by atoms with Crippen LogP contribution in [0.3, 0.4) is 0 Å². The number of nitro groups is 1. The van der Waals surface area contributed by atoms with Crippen LogP contribution in [0.4, 0.5) is 10.7 Å². The van der Waals surface area contributed by atoms with Crippen LogP contribution in [0.25, 0.3) is 0 Å². The summed E-state index contributed by atoms with van der Waals surface area (Å²) in [7, 11) is 1.19. The van der Waals surface area contributed by atoms with Crippen LogP contribution in [0, 0.1) is 10.1 Å². The fraction of sp³-hybridized carbons (Fsp3) is 0.167. The van der Waals surface area contributed by atoms with Gasteiger partial charge in [0.15, 0.2) is 0 Å². The highest BCUT2D eigenvalue weighted by atomic mass is 32.1. The van der Waals surface area contributed by atoms with Crippen LogP contribution in [0.2, 0.25) is 0 Å². The van der Waals surface area contributed by atoms with Crippen molar-refractivity contribution in [2.45, 2.75) is 0 Å². The van der Waals surface area contributed by atoms with Gasteiger partial charge in [-0.05, 0) is 0 Å². The molecule has 0 aliphatic carbocycles. The van der Waals surface area contributed by atoms with Gasteiger partial charge < -0.3 is 10.5 Å². The number of nitrogens with two attached hydrogens (primary N) is 1. The molecular formula is C6H6N2O4S. The SMILES string of the molecule is COC(=O)c1sc([N+](=O)[O-])cc1N. The standard InChI is InChI=1S/C6H6N2O4S/c1-12-6(9)5-3(7)2-4(13-5)8(10)11/h2H,7H2,1H3. The molecule has 0 saturated heterocycles. The minimum absolute atomic E-state index is 0.0641. The van der Waals surface area contributed by atoms with Crippen LogP contribution >= 0.6 is 11.3 Å². The van der Waals surface area contributed by atoms with Crippen LogP contribution in [0.15, 0.2) is 6.07 Å². The van der Waals surface area contributed by atoms with E-state index >= 15 is 0 Å². The van der Waals surface area contributed by atoms with E-state index in [0.29, 0.717) is 11.3 Å². The van der Waals surface area contributed by atoms with Crippen LogP contribution < -0.4 is 5.73 Å². The van der Waals surface area contributed by atoms with Gasteiger partial charge in [-0.3, -0.25) is 10.1 Å². The second-order valence-electron chi connectivity index (χ2n) is 2.12. The highest BCUT2D eigenvalue weighted by Gasteiger charge is 2.20. The molecule has 0 radical (unpaired) electrons. The molecule has 1 heterocycles. The van der Waals surface area contributed by atoms with Crippen molar-refractivity contribution in [1.29, 1.82) is 0 Å². The van der Waals surface area contributed by atoms with Gasteiger partial charge in [0.2, 0.25) is 0 Å². The molecule has 0 saturated carbocycles. The molecule has 0 bridgehead atoms. The number of hydrogen-bond acceptors (Lipinski definition) is 6. The van der Waals surface area contributed by atoms with Crippen molar-refractivity contribution in [2.75, 3.05) is 12.8 Å². The topological polar surface area (TPSA) is 95.5 Å². The maximum atomic E-state index is 11.0. The van der Waals surface area contributed by atoms with Crippen molar-refractivity contribution in [1.82, 2.24) is 0 Å². The third kappa shape index (κ3) is 1.75. The summed E-state index contributed by atoms with van der Waals surface area (Å²) in [5.74, 6) is -0.657. The summed E-state index contributed by atoms with van der Waals surface area (Å²) in [6.45, 7) is 0. The highest BCUT2D eigenvalue weighted by Crippen LogP contribution is 2.30. The second-order valence-corrected chi connectivity index (χ2v) is 3.15. The Morgan fingerprint density at radius 3 is 2.77 bits per heavy atom. The van der Waals surface area contributed by atoms with E-state index in [2.05, 4.69) is 4.74 Å². The van der Waals surface area contributed by atoms with Crippen molar-refractivity contribution in [3.8, 4) is 0 Å². The highest BCUT2D eigenvalue weighted by molar-refractivity contribution is 7.17. The summed E-state index contributed by atoms with van der Waals surface area (Å²) in [5, 5.41) is 10.1. The summed E-state index contributed by atoms with van der Waals surface area (Å²) >= 11 is 0.702. The van der Waals surface area contributed by atoms with E-state index in [1.807, 2.05) is 0 Å². The van der Waals surface area contributed by atoms with E-state index in [1.165, 1.54) is 7.11 Å². The van der Waals surface area contributed by atoms with Gasteiger partial charge in [-0.2, -0.15) is 0 Å². The lowest BCUT2D eigenvalue weighted by Crippen LogP contribution is -2.00. The van der Waals surface area contributed by atoms with Crippen molar-refractivity contribution in [2.24, 2.45) is 0 Å². The number of ether oxygens (including phenoxy) is 1. The number of carbonyl (C=O) groups excluding carboxylic acids is 1. The first-order valence-electron chi connectivity index (χ1n) is 3.18. The van der Waals surface area contributed by atoms with Crippen molar-refractivity contribution in [3.63, 3.8) is 0 Å². The number of anilines is 1. The Balaban J connectivity index is 3.10. The number of hydrogen-bond donors (Lipinski definition) is 1. The number of nitrogen functional groups attached to an aromatic ring is 1. The van der Waals surface area contributed by atoms with Crippen molar-refractivity contribution >= 4 is 28.0 Å².